The number of aryl methyl sites for hydroxylation is 1. The van der Waals surface area contributed by atoms with Crippen LogP contribution in [0.4, 0.5) is 5.00 Å². The Morgan fingerprint density at radius 3 is 2.73 bits per heavy atom. The van der Waals surface area contributed by atoms with Crippen molar-refractivity contribution >= 4 is 51.3 Å². The standard InChI is InChI=1S/C20H24N4O3S3/c1-5-9-24-17(14-8-7-10-28-14)22-23-20(24)29-11-15(25)21-18-16(19(26)27-6-2)12(3)13(4)30-18/h7-8,10H,5-6,9,11H2,1-4H3,(H,21,25). The lowest BCUT2D eigenvalue weighted by molar-refractivity contribution is -0.113. The van der Waals surface area contributed by atoms with E-state index >= 15 is 0 Å². The molecule has 30 heavy (non-hydrogen) atoms. The Labute approximate surface area is 187 Å². The van der Waals surface area contributed by atoms with Crippen LogP contribution in [0.25, 0.3) is 10.7 Å². The largest absolute Gasteiger partial charge is 0.462 e. The van der Waals surface area contributed by atoms with E-state index in [0.717, 1.165) is 34.1 Å². The minimum Gasteiger partial charge on any atom is -0.462 e. The highest BCUT2D eigenvalue weighted by molar-refractivity contribution is 7.99. The van der Waals surface area contributed by atoms with E-state index in [-0.39, 0.29) is 18.3 Å². The first-order chi connectivity index (χ1) is 14.5. The quantitative estimate of drug-likeness (QED) is 0.354. The number of esters is 1. The molecular formula is C20H24N4O3S3. The lowest BCUT2D eigenvalue weighted by Crippen LogP contribution is -2.17. The maximum Gasteiger partial charge on any atom is 0.341 e. The molecular weight excluding hydrogens is 440 g/mol. The maximum atomic E-state index is 12.6. The van der Waals surface area contributed by atoms with Crippen molar-refractivity contribution in [2.24, 2.45) is 0 Å². The third kappa shape index (κ3) is 4.93. The number of nitrogens with one attached hydrogen (secondary N) is 1. The number of amides is 1. The van der Waals surface area contributed by atoms with Crippen molar-refractivity contribution in [1.29, 1.82) is 0 Å². The monoisotopic (exact) mass is 464 g/mol. The van der Waals surface area contributed by atoms with Gasteiger partial charge < -0.3 is 14.6 Å². The number of carbonyl (C=O) groups excluding carboxylic acids is 2. The molecule has 1 amide bonds. The second-order valence-electron chi connectivity index (χ2n) is 6.48. The van der Waals surface area contributed by atoms with E-state index in [4.69, 9.17) is 4.74 Å². The van der Waals surface area contributed by atoms with Crippen LogP contribution >= 0.6 is 34.4 Å². The molecule has 0 aromatic carbocycles. The fourth-order valence-electron chi connectivity index (χ4n) is 2.87. The zero-order valence-electron chi connectivity index (χ0n) is 17.4. The van der Waals surface area contributed by atoms with Gasteiger partial charge in [-0.25, -0.2) is 4.79 Å². The molecule has 0 unspecified atom stereocenters. The first-order valence-electron chi connectivity index (χ1n) is 9.63. The van der Waals surface area contributed by atoms with E-state index in [0.29, 0.717) is 15.7 Å². The van der Waals surface area contributed by atoms with Crippen LogP contribution in [0.3, 0.4) is 0 Å². The number of aromatic nitrogens is 3. The molecule has 0 aliphatic carbocycles. The van der Waals surface area contributed by atoms with Crippen LogP contribution in [0.5, 0.6) is 0 Å². The Morgan fingerprint density at radius 2 is 2.07 bits per heavy atom. The Kier molecular flexibility index (Phi) is 7.68. The molecule has 0 atom stereocenters. The number of thiophene rings is 2. The van der Waals surface area contributed by atoms with E-state index in [1.807, 2.05) is 35.9 Å². The fraction of sp³-hybridized carbons (Fsp3) is 0.400. The molecule has 3 aromatic rings. The number of nitrogens with zero attached hydrogens (tertiary/aromatic N) is 3. The van der Waals surface area contributed by atoms with Gasteiger partial charge in [0.1, 0.15) is 5.00 Å². The summed E-state index contributed by atoms with van der Waals surface area (Å²) in [7, 11) is 0. The normalized spacial score (nSPS) is 10.9. The zero-order chi connectivity index (χ0) is 21.7. The summed E-state index contributed by atoms with van der Waals surface area (Å²) in [5.74, 6) is 0.384. The van der Waals surface area contributed by atoms with E-state index in [2.05, 4.69) is 22.4 Å². The third-order valence-corrected chi connectivity index (χ3v) is 7.31. The van der Waals surface area contributed by atoms with Crippen molar-refractivity contribution in [2.75, 3.05) is 17.7 Å². The second-order valence-corrected chi connectivity index (χ2v) is 9.59. The topological polar surface area (TPSA) is 86.1 Å². The molecule has 0 radical (unpaired) electrons. The number of carbonyl (C=O) groups is 2. The number of rotatable bonds is 9. The highest BCUT2D eigenvalue weighted by atomic mass is 32.2. The molecule has 0 aliphatic rings. The van der Waals surface area contributed by atoms with Gasteiger partial charge in [0.25, 0.3) is 0 Å². The fourth-order valence-corrected chi connectivity index (χ4v) is 5.41. The van der Waals surface area contributed by atoms with Crippen molar-refractivity contribution in [2.45, 2.75) is 45.8 Å². The van der Waals surface area contributed by atoms with Gasteiger partial charge >= 0.3 is 5.97 Å². The highest BCUT2D eigenvalue weighted by Crippen LogP contribution is 2.33. The van der Waals surface area contributed by atoms with Gasteiger partial charge in [0.05, 0.1) is 22.8 Å². The van der Waals surface area contributed by atoms with Gasteiger partial charge in [0, 0.05) is 11.4 Å². The van der Waals surface area contributed by atoms with Crippen LogP contribution in [-0.2, 0) is 16.1 Å². The van der Waals surface area contributed by atoms with Crippen LogP contribution < -0.4 is 5.32 Å². The molecule has 3 rings (SSSR count). The second kappa shape index (κ2) is 10.2. The Morgan fingerprint density at radius 1 is 1.27 bits per heavy atom. The summed E-state index contributed by atoms with van der Waals surface area (Å²) in [5.41, 5.74) is 1.27. The minimum atomic E-state index is -0.411. The van der Waals surface area contributed by atoms with Gasteiger partial charge in [0.2, 0.25) is 5.91 Å². The predicted molar refractivity (Wildman–Crippen MR) is 123 cm³/mol. The van der Waals surface area contributed by atoms with Crippen molar-refractivity contribution < 1.29 is 14.3 Å². The van der Waals surface area contributed by atoms with Crippen molar-refractivity contribution in [3.8, 4) is 10.7 Å². The smallest absolute Gasteiger partial charge is 0.341 e. The van der Waals surface area contributed by atoms with Crippen LogP contribution in [0.2, 0.25) is 0 Å². The maximum absolute atomic E-state index is 12.6. The highest BCUT2D eigenvalue weighted by Gasteiger charge is 2.22. The van der Waals surface area contributed by atoms with E-state index in [1.165, 1.54) is 23.1 Å². The molecule has 0 bridgehead atoms. The molecule has 0 saturated carbocycles. The van der Waals surface area contributed by atoms with Gasteiger partial charge in [-0.2, -0.15) is 0 Å². The summed E-state index contributed by atoms with van der Waals surface area (Å²) in [6.45, 7) is 8.71. The van der Waals surface area contributed by atoms with Crippen LogP contribution in [0, 0.1) is 13.8 Å². The molecule has 1 N–H and O–H groups in total. The first kappa shape index (κ1) is 22.5. The molecule has 10 heteroatoms. The molecule has 0 fully saturated rings. The van der Waals surface area contributed by atoms with Crippen LogP contribution in [0.1, 0.15) is 41.1 Å². The Hall–Kier alpha value is -2.17. The first-order valence-corrected chi connectivity index (χ1v) is 12.3. The van der Waals surface area contributed by atoms with Gasteiger partial charge in [-0.15, -0.1) is 32.9 Å². The number of hydrogen-bond donors (Lipinski definition) is 1. The SMILES string of the molecule is CCCn1c(SCC(=O)Nc2sc(C)c(C)c2C(=O)OCC)nnc1-c1cccs1. The minimum absolute atomic E-state index is 0.171. The Bertz CT molecular complexity index is 1020. The van der Waals surface area contributed by atoms with Gasteiger partial charge in [0.15, 0.2) is 11.0 Å². The summed E-state index contributed by atoms with van der Waals surface area (Å²) in [5, 5.41) is 14.7. The van der Waals surface area contributed by atoms with E-state index in [1.54, 1.807) is 18.3 Å². The van der Waals surface area contributed by atoms with E-state index < -0.39 is 5.97 Å². The summed E-state index contributed by atoms with van der Waals surface area (Å²) >= 11 is 4.34. The van der Waals surface area contributed by atoms with Crippen molar-refractivity contribution in [3.63, 3.8) is 0 Å². The number of anilines is 1. The third-order valence-electron chi connectivity index (χ3n) is 4.36. The average molecular weight is 465 g/mol. The summed E-state index contributed by atoms with van der Waals surface area (Å²) in [4.78, 5) is 26.9. The van der Waals surface area contributed by atoms with E-state index in [9.17, 15) is 9.59 Å². The summed E-state index contributed by atoms with van der Waals surface area (Å²) in [6.07, 6.45) is 0.937. The van der Waals surface area contributed by atoms with Gasteiger partial charge in [-0.05, 0) is 44.2 Å². The number of hydrogen-bond acceptors (Lipinski definition) is 8. The molecule has 0 saturated heterocycles. The molecule has 0 aliphatic heterocycles. The van der Waals surface area contributed by atoms with Crippen molar-refractivity contribution in [1.82, 2.24) is 14.8 Å². The molecule has 160 valence electrons. The molecule has 3 aromatic heterocycles. The molecule has 0 spiro atoms. The van der Waals surface area contributed by atoms with Crippen molar-refractivity contribution in [3.05, 3.63) is 33.5 Å². The van der Waals surface area contributed by atoms with Crippen LogP contribution in [0.15, 0.2) is 22.7 Å². The molecule has 7 nitrogen and oxygen atoms in total. The summed E-state index contributed by atoms with van der Waals surface area (Å²) in [6, 6.07) is 4.00. The van der Waals surface area contributed by atoms with Gasteiger partial charge in [-0.1, -0.05) is 24.8 Å². The predicted octanol–water partition coefficient (Wildman–Crippen LogP) is 5.00. The summed E-state index contributed by atoms with van der Waals surface area (Å²) < 4.78 is 7.19. The molecule has 3 heterocycles. The lowest BCUT2D eigenvalue weighted by atomic mass is 10.1. The van der Waals surface area contributed by atoms with Gasteiger partial charge in [-0.3, -0.25) is 4.79 Å². The Balaban J connectivity index is 1.72. The average Bonchev–Trinajstić information content (AvgIpc) is 3.41. The number of ether oxygens (including phenoxy) is 1. The van der Waals surface area contributed by atoms with Crippen LogP contribution in [-0.4, -0.2) is 39.0 Å². The lowest BCUT2D eigenvalue weighted by Gasteiger charge is -2.09. The zero-order valence-corrected chi connectivity index (χ0v) is 19.8. The number of thioether (sulfide) groups is 1.